The number of benzene rings is 1. The Kier molecular flexibility index (Phi) is 4.13. The number of nitrogens with one attached hydrogen (secondary N) is 1. The molecule has 2 aromatic heterocycles. The van der Waals surface area contributed by atoms with Gasteiger partial charge in [-0.15, -0.1) is 11.3 Å². The Morgan fingerprint density at radius 2 is 1.86 bits per heavy atom. The molecule has 3 aromatic rings. The highest BCUT2D eigenvalue weighted by Gasteiger charge is 2.15. The van der Waals surface area contributed by atoms with Crippen LogP contribution in [0.3, 0.4) is 0 Å². The number of rotatable bonds is 2. The molecule has 0 aliphatic heterocycles. The molecular formula is C15H12Br2N2O2S. The van der Waals surface area contributed by atoms with Gasteiger partial charge in [0.25, 0.3) is 5.56 Å². The molecule has 4 nitrogen and oxygen atoms in total. The summed E-state index contributed by atoms with van der Waals surface area (Å²) in [4.78, 5) is 21.7. The molecule has 22 heavy (non-hydrogen) atoms. The highest BCUT2D eigenvalue weighted by molar-refractivity contribution is 9.11. The summed E-state index contributed by atoms with van der Waals surface area (Å²) in [5, 5.41) is 0.679. The topological polar surface area (TPSA) is 55.0 Å². The van der Waals surface area contributed by atoms with Crippen molar-refractivity contribution in [3.8, 4) is 17.1 Å². The van der Waals surface area contributed by atoms with Gasteiger partial charge < -0.3 is 9.72 Å². The molecule has 0 aliphatic carbocycles. The van der Waals surface area contributed by atoms with E-state index < -0.39 is 0 Å². The normalized spacial score (nSPS) is 11.1. The van der Waals surface area contributed by atoms with Gasteiger partial charge in [0, 0.05) is 10.4 Å². The molecule has 0 atom stereocenters. The van der Waals surface area contributed by atoms with Crippen LogP contribution in [0, 0.1) is 13.8 Å². The second kappa shape index (κ2) is 5.79. The molecule has 1 N–H and O–H groups in total. The number of aromatic amines is 1. The van der Waals surface area contributed by atoms with Crippen LogP contribution >= 0.6 is 43.2 Å². The molecule has 114 valence electrons. The fourth-order valence-corrected chi connectivity index (χ4v) is 4.82. The van der Waals surface area contributed by atoms with Crippen LogP contribution in [0.25, 0.3) is 21.6 Å². The van der Waals surface area contributed by atoms with Gasteiger partial charge in [-0.2, -0.15) is 0 Å². The zero-order valence-electron chi connectivity index (χ0n) is 12.1. The van der Waals surface area contributed by atoms with Crippen LogP contribution in [0.4, 0.5) is 0 Å². The lowest BCUT2D eigenvalue weighted by atomic mass is 10.2. The van der Waals surface area contributed by atoms with Gasteiger partial charge in [-0.05, 0) is 63.4 Å². The molecule has 3 rings (SSSR count). The lowest BCUT2D eigenvalue weighted by Gasteiger charge is -2.09. The van der Waals surface area contributed by atoms with Gasteiger partial charge in [-0.25, -0.2) is 4.98 Å². The molecular weight excluding hydrogens is 432 g/mol. The first-order valence-electron chi connectivity index (χ1n) is 6.45. The van der Waals surface area contributed by atoms with Gasteiger partial charge in [-0.3, -0.25) is 4.79 Å². The Balaban J connectivity index is 2.25. The smallest absolute Gasteiger partial charge is 0.260 e. The van der Waals surface area contributed by atoms with Gasteiger partial charge in [0.15, 0.2) is 0 Å². The minimum absolute atomic E-state index is 0.107. The van der Waals surface area contributed by atoms with E-state index >= 15 is 0 Å². The fourth-order valence-electron chi connectivity index (χ4n) is 2.28. The van der Waals surface area contributed by atoms with E-state index in [4.69, 9.17) is 4.74 Å². The standard InChI is InChI=1S/C15H12Br2N2O2S/c1-6-7(2)22-15-11(6)14(20)18-13(19-15)8-4-9(16)12(21-3)10(17)5-8/h4-5H,1-3H3,(H,18,19,20). The molecule has 0 aliphatic rings. The minimum Gasteiger partial charge on any atom is -0.494 e. The van der Waals surface area contributed by atoms with Crippen LogP contribution in [-0.2, 0) is 0 Å². The number of halogens is 2. The Labute approximate surface area is 147 Å². The number of hydrogen-bond donors (Lipinski definition) is 1. The van der Waals surface area contributed by atoms with E-state index in [0.717, 1.165) is 29.8 Å². The molecule has 0 fully saturated rings. The van der Waals surface area contributed by atoms with Gasteiger partial charge >= 0.3 is 0 Å². The number of aryl methyl sites for hydroxylation is 2. The van der Waals surface area contributed by atoms with Crippen molar-refractivity contribution >= 4 is 53.4 Å². The molecule has 0 bridgehead atoms. The Bertz CT molecular complexity index is 924. The van der Waals surface area contributed by atoms with Gasteiger partial charge in [-0.1, -0.05) is 0 Å². The van der Waals surface area contributed by atoms with Crippen LogP contribution in [0.1, 0.15) is 10.4 Å². The van der Waals surface area contributed by atoms with Crippen molar-refractivity contribution in [3.63, 3.8) is 0 Å². The molecule has 0 spiro atoms. The number of nitrogens with zero attached hydrogens (tertiary/aromatic N) is 1. The van der Waals surface area contributed by atoms with E-state index in [-0.39, 0.29) is 5.56 Å². The molecule has 0 saturated carbocycles. The average Bonchev–Trinajstić information content (AvgIpc) is 2.74. The predicted molar refractivity (Wildman–Crippen MR) is 97.1 cm³/mol. The molecule has 2 heterocycles. The van der Waals surface area contributed by atoms with Crippen LogP contribution < -0.4 is 10.3 Å². The van der Waals surface area contributed by atoms with Crippen molar-refractivity contribution in [2.75, 3.05) is 7.11 Å². The highest BCUT2D eigenvalue weighted by Crippen LogP contribution is 2.37. The van der Waals surface area contributed by atoms with E-state index in [1.54, 1.807) is 7.11 Å². The summed E-state index contributed by atoms with van der Waals surface area (Å²) in [7, 11) is 1.61. The van der Waals surface area contributed by atoms with E-state index in [0.29, 0.717) is 17.0 Å². The molecule has 0 amide bonds. The van der Waals surface area contributed by atoms with Crippen molar-refractivity contribution in [2.45, 2.75) is 13.8 Å². The monoisotopic (exact) mass is 442 g/mol. The lowest BCUT2D eigenvalue weighted by molar-refractivity contribution is 0.409. The van der Waals surface area contributed by atoms with Crippen molar-refractivity contribution in [3.05, 3.63) is 41.9 Å². The Hall–Kier alpha value is -1.18. The molecule has 1 aromatic carbocycles. The third-order valence-electron chi connectivity index (χ3n) is 3.51. The van der Waals surface area contributed by atoms with Crippen LogP contribution in [0.2, 0.25) is 0 Å². The summed E-state index contributed by atoms with van der Waals surface area (Å²) >= 11 is 8.47. The number of methoxy groups -OCH3 is 1. The van der Waals surface area contributed by atoms with Crippen LogP contribution in [0.5, 0.6) is 5.75 Å². The zero-order valence-corrected chi connectivity index (χ0v) is 16.1. The van der Waals surface area contributed by atoms with E-state index in [9.17, 15) is 4.79 Å². The maximum atomic E-state index is 12.4. The third-order valence-corrected chi connectivity index (χ3v) is 5.79. The second-order valence-electron chi connectivity index (χ2n) is 4.85. The minimum atomic E-state index is -0.107. The Morgan fingerprint density at radius 3 is 2.45 bits per heavy atom. The van der Waals surface area contributed by atoms with E-state index in [1.807, 2.05) is 26.0 Å². The largest absolute Gasteiger partial charge is 0.494 e. The highest BCUT2D eigenvalue weighted by atomic mass is 79.9. The summed E-state index contributed by atoms with van der Waals surface area (Å²) in [5.74, 6) is 1.25. The number of thiophene rings is 1. The summed E-state index contributed by atoms with van der Waals surface area (Å²) < 4.78 is 6.88. The van der Waals surface area contributed by atoms with Gasteiger partial charge in [0.2, 0.25) is 0 Å². The fraction of sp³-hybridized carbons (Fsp3) is 0.200. The number of aromatic nitrogens is 2. The predicted octanol–water partition coefficient (Wildman–Crippen LogP) is 4.80. The summed E-state index contributed by atoms with van der Waals surface area (Å²) in [6, 6.07) is 3.75. The third kappa shape index (κ3) is 2.51. The SMILES string of the molecule is COc1c(Br)cc(-c2nc3sc(C)c(C)c3c(=O)[nH]2)cc1Br. The van der Waals surface area contributed by atoms with Crippen molar-refractivity contribution in [2.24, 2.45) is 0 Å². The summed E-state index contributed by atoms with van der Waals surface area (Å²) in [6.45, 7) is 3.95. The molecule has 7 heteroatoms. The van der Waals surface area contributed by atoms with Crippen molar-refractivity contribution in [1.29, 1.82) is 0 Å². The molecule has 0 unspecified atom stereocenters. The van der Waals surface area contributed by atoms with Crippen molar-refractivity contribution < 1.29 is 4.74 Å². The van der Waals surface area contributed by atoms with E-state index in [1.165, 1.54) is 11.3 Å². The second-order valence-corrected chi connectivity index (χ2v) is 7.76. The Morgan fingerprint density at radius 1 is 1.23 bits per heavy atom. The first kappa shape index (κ1) is 15.7. The molecule has 0 saturated heterocycles. The number of fused-ring (bicyclic) bond motifs is 1. The van der Waals surface area contributed by atoms with Crippen LogP contribution in [-0.4, -0.2) is 17.1 Å². The summed E-state index contributed by atoms with van der Waals surface area (Å²) in [5.41, 5.74) is 1.70. The number of H-pyrrole nitrogens is 1. The maximum Gasteiger partial charge on any atom is 0.260 e. The lowest BCUT2D eigenvalue weighted by Crippen LogP contribution is -2.09. The van der Waals surface area contributed by atoms with Crippen molar-refractivity contribution in [1.82, 2.24) is 9.97 Å². The first-order valence-corrected chi connectivity index (χ1v) is 8.86. The molecule has 0 radical (unpaired) electrons. The van der Waals surface area contributed by atoms with Gasteiger partial charge in [0.1, 0.15) is 16.4 Å². The van der Waals surface area contributed by atoms with Crippen LogP contribution in [0.15, 0.2) is 25.9 Å². The average molecular weight is 444 g/mol. The quantitative estimate of drug-likeness (QED) is 0.618. The maximum absolute atomic E-state index is 12.4. The van der Waals surface area contributed by atoms with Gasteiger partial charge in [0.05, 0.1) is 21.4 Å². The zero-order chi connectivity index (χ0) is 16.0. The summed E-state index contributed by atoms with van der Waals surface area (Å²) in [6.07, 6.45) is 0. The van der Waals surface area contributed by atoms with E-state index in [2.05, 4.69) is 41.8 Å². The number of ether oxygens (including phenoxy) is 1. The first-order chi connectivity index (χ1) is 10.4. The number of hydrogen-bond acceptors (Lipinski definition) is 4.